The van der Waals surface area contributed by atoms with Gasteiger partial charge < -0.3 is 15.0 Å². The van der Waals surface area contributed by atoms with Crippen LogP contribution in [0.2, 0.25) is 0 Å². The third-order valence-corrected chi connectivity index (χ3v) is 4.20. The molecule has 1 heterocycles. The van der Waals surface area contributed by atoms with Gasteiger partial charge in [-0.3, -0.25) is 0 Å². The van der Waals surface area contributed by atoms with E-state index in [2.05, 4.69) is 17.1 Å². The fourth-order valence-corrected chi connectivity index (χ4v) is 2.82. The summed E-state index contributed by atoms with van der Waals surface area (Å²) in [5, 5.41) is 4.13. The normalized spacial score (nSPS) is 29.7. The van der Waals surface area contributed by atoms with Gasteiger partial charge in [-0.1, -0.05) is 32.3 Å². The average Bonchev–Trinajstić information content (AvgIpc) is 2.87. The number of hydrogen-bond acceptors (Lipinski definition) is 5. The summed E-state index contributed by atoms with van der Waals surface area (Å²) in [6.45, 7) is 6.33. The summed E-state index contributed by atoms with van der Waals surface area (Å²) in [6, 6.07) is -0.212. The number of rotatable bonds is 4. The molecule has 1 aliphatic rings. The molecule has 1 aliphatic carbocycles. The molecule has 5 heteroatoms. The van der Waals surface area contributed by atoms with Crippen LogP contribution in [-0.4, -0.2) is 17.3 Å². The summed E-state index contributed by atoms with van der Waals surface area (Å²) >= 11 is 0. The van der Waals surface area contributed by atoms with Crippen LogP contribution in [0.15, 0.2) is 4.52 Å². The van der Waals surface area contributed by atoms with Gasteiger partial charge in [-0.15, -0.1) is 0 Å². The molecule has 0 bridgehead atoms. The van der Waals surface area contributed by atoms with Crippen LogP contribution < -0.4 is 5.73 Å². The molecule has 2 rings (SSSR count). The van der Waals surface area contributed by atoms with E-state index in [4.69, 9.17) is 15.0 Å². The molecule has 5 nitrogen and oxygen atoms in total. The highest BCUT2D eigenvalue weighted by Crippen LogP contribution is 2.41. The van der Waals surface area contributed by atoms with Crippen molar-refractivity contribution in [3.63, 3.8) is 0 Å². The first-order valence-electron chi connectivity index (χ1n) is 7.13. The molecule has 0 radical (unpaired) electrons. The molecule has 2 N–H and O–H groups in total. The van der Waals surface area contributed by atoms with Gasteiger partial charge in [-0.25, -0.2) is 0 Å². The first-order valence-corrected chi connectivity index (χ1v) is 7.13. The number of nitrogens with zero attached hydrogens (tertiary/aromatic N) is 2. The number of hydrogen-bond donors (Lipinski definition) is 1. The van der Waals surface area contributed by atoms with Crippen molar-refractivity contribution in [2.45, 2.75) is 58.1 Å². The zero-order chi connectivity index (χ0) is 14.0. The van der Waals surface area contributed by atoms with Gasteiger partial charge in [0, 0.05) is 7.11 Å². The standard InChI is InChI=1S/C14H25N3O2/c1-9(2)11(15)12-16-13(17-19-12)14(18-4)7-5-6-10(3)8-14/h9-11H,5-8,15H2,1-4H3/t10?,11-,14?/m1/s1. The van der Waals surface area contributed by atoms with Crippen LogP contribution in [0.25, 0.3) is 0 Å². The van der Waals surface area contributed by atoms with Crippen molar-refractivity contribution in [2.75, 3.05) is 7.11 Å². The SMILES string of the molecule is COC1(c2noc([C@H](N)C(C)C)n2)CCCC(C)C1. The Hall–Kier alpha value is -0.940. The Morgan fingerprint density at radius 2 is 2.21 bits per heavy atom. The lowest BCUT2D eigenvalue weighted by atomic mass is 9.78. The Labute approximate surface area is 114 Å². The minimum absolute atomic E-state index is 0.212. The summed E-state index contributed by atoms with van der Waals surface area (Å²) in [5.74, 6) is 2.07. The third-order valence-electron chi connectivity index (χ3n) is 4.20. The van der Waals surface area contributed by atoms with E-state index in [9.17, 15) is 0 Å². The molecule has 2 unspecified atom stereocenters. The van der Waals surface area contributed by atoms with Crippen molar-refractivity contribution in [3.8, 4) is 0 Å². The Morgan fingerprint density at radius 3 is 2.79 bits per heavy atom. The van der Waals surface area contributed by atoms with Crippen LogP contribution in [0.1, 0.15) is 64.2 Å². The van der Waals surface area contributed by atoms with Gasteiger partial charge in [0.25, 0.3) is 0 Å². The second-order valence-corrected chi connectivity index (χ2v) is 6.13. The van der Waals surface area contributed by atoms with Crippen LogP contribution in [0, 0.1) is 11.8 Å². The maximum atomic E-state index is 6.06. The zero-order valence-corrected chi connectivity index (χ0v) is 12.3. The van der Waals surface area contributed by atoms with Gasteiger partial charge in [0.15, 0.2) is 0 Å². The summed E-state index contributed by atoms with van der Waals surface area (Å²) in [6.07, 6.45) is 4.26. The van der Waals surface area contributed by atoms with Gasteiger partial charge in [0.1, 0.15) is 5.60 Å². The summed E-state index contributed by atoms with van der Waals surface area (Å²) in [4.78, 5) is 4.50. The van der Waals surface area contributed by atoms with Gasteiger partial charge in [-0.2, -0.15) is 4.98 Å². The van der Waals surface area contributed by atoms with Crippen molar-refractivity contribution in [1.82, 2.24) is 10.1 Å². The van der Waals surface area contributed by atoms with Gasteiger partial charge in [-0.05, 0) is 31.1 Å². The predicted octanol–water partition coefficient (Wildman–Crippen LogP) is 2.78. The van der Waals surface area contributed by atoms with Crippen LogP contribution in [0.4, 0.5) is 0 Å². The Morgan fingerprint density at radius 1 is 1.47 bits per heavy atom. The van der Waals surface area contributed by atoms with Crippen molar-refractivity contribution < 1.29 is 9.26 Å². The van der Waals surface area contributed by atoms with E-state index in [1.807, 2.05) is 13.8 Å². The number of nitrogens with two attached hydrogens (primary N) is 1. The van der Waals surface area contributed by atoms with Crippen LogP contribution in [0.5, 0.6) is 0 Å². The number of ether oxygens (including phenoxy) is 1. The molecule has 0 aliphatic heterocycles. The largest absolute Gasteiger partial charge is 0.370 e. The summed E-state index contributed by atoms with van der Waals surface area (Å²) in [5.41, 5.74) is 5.66. The fourth-order valence-electron chi connectivity index (χ4n) is 2.82. The zero-order valence-electron chi connectivity index (χ0n) is 12.3. The highest BCUT2D eigenvalue weighted by Gasteiger charge is 2.41. The van der Waals surface area contributed by atoms with Crippen molar-refractivity contribution in [2.24, 2.45) is 17.6 Å². The third kappa shape index (κ3) is 2.82. The smallest absolute Gasteiger partial charge is 0.243 e. The molecule has 0 amide bonds. The van der Waals surface area contributed by atoms with E-state index in [1.54, 1.807) is 7.11 Å². The topological polar surface area (TPSA) is 74.2 Å². The molecule has 1 saturated carbocycles. The van der Waals surface area contributed by atoms with E-state index in [-0.39, 0.29) is 12.0 Å². The van der Waals surface area contributed by atoms with E-state index in [0.717, 1.165) is 19.3 Å². The van der Waals surface area contributed by atoms with Gasteiger partial charge >= 0.3 is 0 Å². The van der Waals surface area contributed by atoms with Crippen molar-refractivity contribution >= 4 is 0 Å². The second kappa shape index (κ2) is 5.59. The Bertz CT molecular complexity index is 419. The fraction of sp³-hybridized carbons (Fsp3) is 0.857. The van der Waals surface area contributed by atoms with E-state index >= 15 is 0 Å². The molecular weight excluding hydrogens is 242 g/mol. The molecule has 1 fully saturated rings. The molecule has 1 aromatic rings. The molecule has 0 spiro atoms. The van der Waals surface area contributed by atoms with Gasteiger partial charge in [0.2, 0.25) is 11.7 Å². The first kappa shape index (κ1) is 14.5. The molecular formula is C14H25N3O2. The Balaban J connectivity index is 2.24. The minimum Gasteiger partial charge on any atom is -0.370 e. The second-order valence-electron chi connectivity index (χ2n) is 6.13. The predicted molar refractivity (Wildman–Crippen MR) is 72.4 cm³/mol. The van der Waals surface area contributed by atoms with E-state index in [0.29, 0.717) is 17.6 Å². The summed E-state index contributed by atoms with van der Waals surface area (Å²) < 4.78 is 11.1. The highest BCUT2D eigenvalue weighted by atomic mass is 16.5. The molecule has 3 atom stereocenters. The lowest BCUT2D eigenvalue weighted by Gasteiger charge is -2.36. The van der Waals surface area contributed by atoms with Gasteiger partial charge in [0.05, 0.1) is 6.04 Å². The van der Waals surface area contributed by atoms with Crippen LogP contribution >= 0.6 is 0 Å². The Kier molecular flexibility index (Phi) is 4.26. The number of methoxy groups -OCH3 is 1. The van der Waals surface area contributed by atoms with E-state index < -0.39 is 5.60 Å². The van der Waals surface area contributed by atoms with E-state index in [1.165, 1.54) is 6.42 Å². The summed E-state index contributed by atoms with van der Waals surface area (Å²) in [7, 11) is 1.73. The average molecular weight is 267 g/mol. The maximum Gasteiger partial charge on any atom is 0.243 e. The minimum atomic E-state index is -0.393. The lowest BCUT2D eigenvalue weighted by molar-refractivity contribution is -0.0658. The molecule has 0 saturated heterocycles. The molecule has 19 heavy (non-hydrogen) atoms. The van der Waals surface area contributed by atoms with Crippen molar-refractivity contribution in [3.05, 3.63) is 11.7 Å². The highest BCUT2D eigenvalue weighted by molar-refractivity contribution is 5.05. The molecule has 1 aromatic heterocycles. The number of aromatic nitrogens is 2. The van der Waals surface area contributed by atoms with Crippen LogP contribution in [0.3, 0.4) is 0 Å². The molecule has 0 aromatic carbocycles. The lowest BCUT2D eigenvalue weighted by Crippen LogP contribution is -2.35. The molecule has 108 valence electrons. The maximum absolute atomic E-state index is 6.06. The van der Waals surface area contributed by atoms with Crippen molar-refractivity contribution in [1.29, 1.82) is 0 Å². The monoisotopic (exact) mass is 267 g/mol. The van der Waals surface area contributed by atoms with Crippen LogP contribution in [-0.2, 0) is 10.3 Å². The quantitative estimate of drug-likeness (QED) is 0.908. The first-order chi connectivity index (χ1) is 8.98.